The molecule has 1 fully saturated rings. The van der Waals surface area contributed by atoms with E-state index in [1.165, 1.54) is 28.6 Å². The van der Waals surface area contributed by atoms with Crippen LogP contribution in [0, 0.1) is 18.7 Å². The van der Waals surface area contributed by atoms with Crippen LogP contribution >= 0.6 is 0 Å². The number of nitrogens with zero attached hydrogens (tertiary/aromatic N) is 1. The maximum absolute atomic E-state index is 13.0. The van der Waals surface area contributed by atoms with Crippen LogP contribution < -0.4 is 5.32 Å². The van der Waals surface area contributed by atoms with Crippen LogP contribution in [0.5, 0.6) is 0 Å². The van der Waals surface area contributed by atoms with Crippen LogP contribution in [0.4, 0.5) is 10.1 Å². The van der Waals surface area contributed by atoms with Crippen LogP contribution in [0.2, 0.25) is 0 Å². The van der Waals surface area contributed by atoms with Gasteiger partial charge in [0.25, 0.3) is 0 Å². The van der Waals surface area contributed by atoms with Gasteiger partial charge in [-0.05, 0) is 55.2 Å². The number of rotatable bonds is 5. The molecule has 27 heavy (non-hydrogen) atoms. The molecule has 1 saturated heterocycles. The van der Waals surface area contributed by atoms with Crippen molar-refractivity contribution in [2.24, 2.45) is 5.92 Å². The minimum atomic E-state index is -3.50. The number of nitrogens with one attached hydrogen (secondary N) is 1. The summed E-state index contributed by atoms with van der Waals surface area (Å²) < 4.78 is 40.0. The molecule has 5 nitrogen and oxygen atoms in total. The van der Waals surface area contributed by atoms with Gasteiger partial charge in [-0.2, -0.15) is 0 Å². The Bertz CT molecular complexity index is 913. The van der Waals surface area contributed by atoms with Crippen molar-refractivity contribution in [1.82, 2.24) is 4.31 Å². The molecule has 1 aliphatic rings. The number of piperidine rings is 1. The summed E-state index contributed by atoms with van der Waals surface area (Å²) in [4.78, 5) is 12.5. The number of hydrogen-bond acceptors (Lipinski definition) is 3. The van der Waals surface area contributed by atoms with E-state index < -0.39 is 15.9 Å². The molecule has 2 aromatic carbocycles. The number of carbonyl (C=O) groups is 1. The van der Waals surface area contributed by atoms with Gasteiger partial charge >= 0.3 is 0 Å². The molecule has 1 unspecified atom stereocenters. The predicted molar refractivity (Wildman–Crippen MR) is 103 cm³/mol. The molecule has 7 heteroatoms. The number of sulfonamides is 1. The van der Waals surface area contributed by atoms with Crippen molar-refractivity contribution < 1.29 is 17.6 Å². The van der Waals surface area contributed by atoms with E-state index in [2.05, 4.69) is 5.32 Å². The highest BCUT2D eigenvalue weighted by molar-refractivity contribution is 7.88. The van der Waals surface area contributed by atoms with Gasteiger partial charge in [0.05, 0.1) is 11.7 Å². The number of amides is 1. The molecule has 1 heterocycles. The summed E-state index contributed by atoms with van der Waals surface area (Å²) in [5, 5.41) is 2.74. The lowest BCUT2D eigenvalue weighted by Crippen LogP contribution is -2.44. The normalized spacial score (nSPS) is 18.2. The molecule has 0 saturated carbocycles. The van der Waals surface area contributed by atoms with Gasteiger partial charge in [-0.3, -0.25) is 4.79 Å². The fraction of sp³-hybridized carbons (Fsp3) is 0.350. The number of halogens is 1. The average molecular weight is 390 g/mol. The first-order valence-corrected chi connectivity index (χ1v) is 10.5. The second-order valence-corrected chi connectivity index (χ2v) is 8.84. The number of hydrogen-bond donors (Lipinski definition) is 1. The summed E-state index contributed by atoms with van der Waals surface area (Å²) in [5.41, 5.74) is 2.21. The van der Waals surface area contributed by atoms with E-state index in [0.717, 1.165) is 11.1 Å². The van der Waals surface area contributed by atoms with Crippen molar-refractivity contribution in [2.45, 2.75) is 25.5 Å². The van der Waals surface area contributed by atoms with Gasteiger partial charge in [-0.15, -0.1) is 0 Å². The third-order valence-corrected chi connectivity index (χ3v) is 6.65. The van der Waals surface area contributed by atoms with Gasteiger partial charge in [0, 0.05) is 18.8 Å². The first kappa shape index (κ1) is 19.5. The summed E-state index contributed by atoms with van der Waals surface area (Å²) in [7, 11) is -3.50. The van der Waals surface area contributed by atoms with Crippen LogP contribution in [-0.4, -0.2) is 31.7 Å². The fourth-order valence-corrected chi connectivity index (χ4v) is 4.96. The van der Waals surface area contributed by atoms with E-state index in [9.17, 15) is 17.6 Å². The average Bonchev–Trinajstić information content (AvgIpc) is 2.65. The molecule has 2 aromatic rings. The molecule has 144 valence electrons. The van der Waals surface area contributed by atoms with Crippen molar-refractivity contribution >= 4 is 21.6 Å². The number of carbonyl (C=O) groups excluding carboxylic acids is 1. The standard InChI is InChI=1S/C20H23FN2O3S/c1-15-5-2-3-6-17(15)14-27(25,26)23-12-4-7-16(13-23)20(24)22-19-10-8-18(21)9-11-19/h2-3,5-6,8-11,16H,4,7,12-14H2,1H3,(H,22,24). The van der Waals surface area contributed by atoms with Crippen molar-refractivity contribution in [2.75, 3.05) is 18.4 Å². The Morgan fingerprint density at radius 2 is 1.89 bits per heavy atom. The Morgan fingerprint density at radius 1 is 1.19 bits per heavy atom. The van der Waals surface area contributed by atoms with Crippen LogP contribution in [-0.2, 0) is 20.6 Å². The zero-order chi connectivity index (χ0) is 19.4. The lowest BCUT2D eigenvalue weighted by Gasteiger charge is -2.31. The van der Waals surface area contributed by atoms with Crippen molar-refractivity contribution in [3.8, 4) is 0 Å². The summed E-state index contributed by atoms with van der Waals surface area (Å²) in [6.07, 6.45) is 1.26. The number of anilines is 1. The smallest absolute Gasteiger partial charge is 0.228 e. The van der Waals surface area contributed by atoms with Gasteiger partial charge in [-0.25, -0.2) is 17.1 Å². The predicted octanol–water partition coefficient (Wildman–Crippen LogP) is 3.31. The third kappa shape index (κ3) is 4.93. The lowest BCUT2D eigenvalue weighted by molar-refractivity contribution is -0.120. The molecule has 0 aromatic heterocycles. The topological polar surface area (TPSA) is 66.5 Å². The lowest BCUT2D eigenvalue weighted by atomic mass is 9.99. The zero-order valence-corrected chi connectivity index (χ0v) is 16.0. The van der Waals surface area contributed by atoms with Crippen LogP contribution in [0.25, 0.3) is 0 Å². The molecular weight excluding hydrogens is 367 g/mol. The highest BCUT2D eigenvalue weighted by Crippen LogP contribution is 2.23. The van der Waals surface area contributed by atoms with Crippen LogP contribution in [0.15, 0.2) is 48.5 Å². The van der Waals surface area contributed by atoms with Crippen molar-refractivity contribution in [3.63, 3.8) is 0 Å². The minimum Gasteiger partial charge on any atom is -0.326 e. The molecule has 3 rings (SSSR count). The number of aryl methyl sites for hydroxylation is 1. The van der Waals surface area contributed by atoms with Crippen LogP contribution in [0.3, 0.4) is 0 Å². The molecule has 0 aliphatic carbocycles. The molecule has 0 spiro atoms. The van der Waals surface area contributed by atoms with Gasteiger partial charge in [-0.1, -0.05) is 24.3 Å². The number of benzene rings is 2. The second kappa shape index (κ2) is 8.19. The first-order valence-electron chi connectivity index (χ1n) is 8.94. The monoisotopic (exact) mass is 390 g/mol. The van der Waals surface area contributed by atoms with Gasteiger partial charge in [0.15, 0.2) is 0 Å². The highest BCUT2D eigenvalue weighted by Gasteiger charge is 2.32. The highest BCUT2D eigenvalue weighted by atomic mass is 32.2. The summed E-state index contributed by atoms with van der Waals surface area (Å²) in [6, 6.07) is 12.9. The molecule has 0 radical (unpaired) electrons. The third-order valence-electron chi connectivity index (χ3n) is 4.86. The maximum Gasteiger partial charge on any atom is 0.228 e. The molecule has 0 bridgehead atoms. The quantitative estimate of drug-likeness (QED) is 0.852. The second-order valence-electron chi connectivity index (χ2n) is 6.88. The SMILES string of the molecule is Cc1ccccc1CS(=O)(=O)N1CCCC(C(=O)Nc2ccc(F)cc2)C1. The molecule has 1 N–H and O–H groups in total. The van der Waals surface area contributed by atoms with E-state index in [4.69, 9.17) is 0 Å². The van der Waals surface area contributed by atoms with Gasteiger partial charge in [0.2, 0.25) is 15.9 Å². The zero-order valence-electron chi connectivity index (χ0n) is 15.2. The molecule has 1 amide bonds. The Balaban J connectivity index is 1.66. The summed E-state index contributed by atoms with van der Waals surface area (Å²) in [5.74, 6) is -1.10. The van der Waals surface area contributed by atoms with Crippen LogP contribution in [0.1, 0.15) is 24.0 Å². The van der Waals surface area contributed by atoms with Crippen molar-refractivity contribution in [1.29, 1.82) is 0 Å². The van der Waals surface area contributed by atoms with E-state index in [0.29, 0.717) is 25.1 Å². The van der Waals surface area contributed by atoms with E-state index in [1.54, 1.807) is 0 Å². The van der Waals surface area contributed by atoms with Gasteiger partial charge < -0.3 is 5.32 Å². The van der Waals surface area contributed by atoms with E-state index >= 15 is 0 Å². The molecule has 1 aliphatic heterocycles. The van der Waals surface area contributed by atoms with E-state index in [1.807, 2.05) is 31.2 Å². The summed E-state index contributed by atoms with van der Waals surface area (Å²) >= 11 is 0. The minimum absolute atomic E-state index is 0.0635. The maximum atomic E-state index is 13.0. The molecule has 1 atom stereocenters. The van der Waals surface area contributed by atoms with Gasteiger partial charge in [0.1, 0.15) is 5.82 Å². The Labute approximate surface area is 159 Å². The Hall–Kier alpha value is -2.25. The Kier molecular flexibility index (Phi) is 5.92. The Morgan fingerprint density at radius 3 is 2.59 bits per heavy atom. The fourth-order valence-electron chi connectivity index (χ4n) is 3.25. The largest absolute Gasteiger partial charge is 0.326 e. The summed E-state index contributed by atoms with van der Waals surface area (Å²) in [6.45, 7) is 2.48. The van der Waals surface area contributed by atoms with Crippen molar-refractivity contribution in [3.05, 3.63) is 65.5 Å². The first-order chi connectivity index (χ1) is 12.8. The molecular formula is C20H23FN2O3S. The van der Waals surface area contributed by atoms with E-state index in [-0.39, 0.29) is 24.0 Å².